The van der Waals surface area contributed by atoms with E-state index in [1.165, 1.54) is 13.8 Å². The molecule has 0 aromatic heterocycles. The molecule has 0 aliphatic carbocycles. The SMILES string of the molecule is CC(C)(C)[O][Ti+2][O]C(C)(C)C.CCC(C(=O)CC(=O)[O-])C(F)(F)F.CCC(C(=O)CC(=O)[O-])C(F)(F)F. The minimum Gasteiger partial charge on any atom is -0.550 e. The van der Waals surface area contributed by atoms with Gasteiger partial charge in [-0.1, -0.05) is 13.8 Å². The Morgan fingerprint density at radius 2 is 0.892 bits per heavy atom. The largest absolute Gasteiger partial charge is 0.550 e. The van der Waals surface area contributed by atoms with Crippen molar-refractivity contribution in [3.63, 3.8) is 0 Å². The van der Waals surface area contributed by atoms with Crippen LogP contribution in [0.2, 0.25) is 0 Å². The van der Waals surface area contributed by atoms with Crippen LogP contribution in [0.4, 0.5) is 26.3 Å². The summed E-state index contributed by atoms with van der Waals surface area (Å²) < 4.78 is 82.9. The molecule has 2 unspecified atom stereocenters. The molecule has 2 atom stereocenters. The molecule has 0 aromatic carbocycles. The third-order valence-electron chi connectivity index (χ3n) is 3.72. The first-order valence-corrected chi connectivity index (χ1v) is 12.2. The molecular weight excluding hydrogens is 554 g/mol. The number of rotatable bonds is 10. The van der Waals surface area contributed by atoms with E-state index in [0.29, 0.717) is 0 Å². The number of alkyl halides is 6. The second-order valence-electron chi connectivity index (χ2n) is 9.55. The van der Waals surface area contributed by atoms with Crippen LogP contribution in [0.3, 0.4) is 0 Å². The fourth-order valence-corrected chi connectivity index (χ4v) is 2.93. The van der Waals surface area contributed by atoms with E-state index in [2.05, 4.69) is 0 Å². The van der Waals surface area contributed by atoms with Gasteiger partial charge in [0.15, 0.2) is 11.6 Å². The van der Waals surface area contributed by atoms with E-state index in [1.54, 1.807) is 0 Å². The van der Waals surface area contributed by atoms with Crippen molar-refractivity contribution in [1.82, 2.24) is 0 Å². The first-order valence-electron chi connectivity index (χ1n) is 11.0. The zero-order chi connectivity index (χ0) is 30.4. The fourth-order valence-electron chi connectivity index (χ4n) is 2.09. The maximum Gasteiger partial charge on any atom is 0.398 e. The van der Waals surface area contributed by atoms with Gasteiger partial charge in [0.1, 0.15) is 11.8 Å². The molecule has 0 saturated carbocycles. The third-order valence-corrected chi connectivity index (χ3v) is 5.89. The molecule has 0 bridgehead atoms. The third kappa shape index (κ3) is 24.6. The maximum atomic E-state index is 12.0. The van der Waals surface area contributed by atoms with Gasteiger partial charge in [-0.05, 0) is 12.8 Å². The summed E-state index contributed by atoms with van der Waals surface area (Å²) in [5.41, 5.74) is -0.101. The zero-order valence-corrected chi connectivity index (χ0v) is 23.6. The van der Waals surface area contributed by atoms with Gasteiger partial charge in [0, 0.05) is 24.8 Å². The number of carbonyl (C=O) groups excluding carboxylic acids is 4. The molecule has 0 fully saturated rings. The first kappa shape index (κ1) is 40.0. The molecule has 216 valence electrons. The van der Waals surface area contributed by atoms with Crippen LogP contribution in [-0.2, 0) is 45.7 Å². The molecule has 0 amide bonds. The van der Waals surface area contributed by atoms with Gasteiger partial charge in [-0.3, -0.25) is 9.59 Å². The number of carbonyl (C=O) groups is 4. The quantitative estimate of drug-likeness (QED) is 0.216. The van der Waals surface area contributed by atoms with E-state index in [9.17, 15) is 55.7 Å². The number of carboxylic acid groups (broad SMARTS) is 2. The number of aliphatic carboxylic acids is 2. The Balaban J connectivity index is -0.000000471. The van der Waals surface area contributed by atoms with Crippen molar-refractivity contribution in [2.75, 3.05) is 0 Å². The molecule has 8 nitrogen and oxygen atoms in total. The van der Waals surface area contributed by atoms with Crippen LogP contribution < -0.4 is 10.2 Å². The van der Waals surface area contributed by atoms with Crippen LogP contribution in [0.1, 0.15) is 81.1 Å². The molecule has 0 aliphatic rings. The average molecular weight is 588 g/mol. The van der Waals surface area contributed by atoms with Crippen LogP contribution in [0.5, 0.6) is 0 Å². The number of halogens is 6. The molecule has 15 heteroatoms. The Morgan fingerprint density at radius 3 is 1.03 bits per heavy atom. The van der Waals surface area contributed by atoms with Crippen LogP contribution in [0.25, 0.3) is 0 Å². The number of Topliss-reactive ketones (excluding diaryl/α,β-unsaturated/α-hetero) is 2. The van der Waals surface area contributed by atoms with E-state index in [-0.39, 0.29) is 11.2 Å². The molecule has 0 aliphatic heterocycles. The normalized spacial score (nSPS) is 13.6. The van der Waals surface area contributed by atoms with E-state index >= 15 is 0 Å². The van der Waals surface area contributed by atoms with Crippen molar-refractivity contribution >= 4 is 23.5 Å². The van der Waals surface area contributed by atoms with Crippen molar-refractivity contribution in [3.05, 3.63) is 0 Å². The summed E-state index contributed by atoms with van der Waals surface area (Å²) >= 11 is -0.681. The van der Waals surface area contributed by atoms with Gasteiger partial charge in [-0.15, -0.1) is 0 Å². The van der Waals surface area contributed by atoms with E-state index in [0.717, 1.165) is 0 Å². The molecule has 0 N–H and O–H groups in total. The van der Waals surface area contributed by atoms with Crippen molar-refractivity contribution in [3.8, 4) is 0 Å². The summed E-state index contributed by atoms with van der Waals surface area (Å²) in [6.07, 6.45) is -12.6. The molecule has 0 spiro atoms. The second-order valence-corrected chi connectivity index (χ2v) is 10.4. The number of hydrogen-bond donors (Lipinski definition) is 0. The van der Waals surface area contributed by atoms with E-state index in [4.69, 9.17) is 6.64 Å². The van der Waals surface area contributed by atoms with E-state index in [1.807, 2.05) is 41.5 Å². The van der Waals surface area contributed by atoms with Crippen LogP contribution in [0, 0.1) is 11.8 Å². The van der Waals surface area contributed by atoms with Gasteiger partial charge in [0.25, 0.3) is 0 Å². The Labute approximate surface area is 222 Å². The number of carboxylic acids is 2. The van der Waals surface area contributed by atoms with Crippen molar-refractivity contribution < 1.29 is 82.3 Å². The van der Waals surface area contributed by atoms with Crippen molar-refractivity contribution in [2.45, 2.75) is 105 Å². The Kier molecular flexibility index (Phi) is 18.5. The second kappa shape index (κ2) is 17.2. The van der Waals surface area contributed by atoms with Gasteiger partial charge in [0.05, 0.1) is 0 Å². The Morgan fingerprint density at radius 1 is 0.649 bits per heavy atom. The van der Waals surface area contributed by atoms with Gasteiger partial charge in [-0.2, -0.15) is 26.3 Å². The average Bonchev–Trinajstić information content (AvgIpc) is 2.57. The van der Waals surface area contributed by atoms with Crippen LogP contribution in [-0.4, -0.2) is 47.1 Å². The van der Waals surface area contributed by atoms with Gasteiger partial charge < -0.3 is 19.8 Å². The van der Waals surface area contributed by atoms with Crippen LogP contribution >= 0.6 is 0 Å². The minimum absolute atomic E-state index is 0.0503. The zero-order valence-electron chi connectivity index (χ0n) is 22.0. The molecule has 0 heterocycles. The topological polar surface area (TPSA) is 133 Å². The smallest absolute Gasteiger partial charge is 0.398 e. The minimum atomic E-state index is -4.67. The Bertz CT molecular complexity index is 665. The predicted molar refractivity (Wildman–Crippen MR) is 111 cm³/mol. The first-order chi connectivity index (χ1) is 16.3. The standard InChI is InChI=1S/2C7H9F3O3.2C4H9O.Ti/c2*1-2-4(7(8,9)10)5(11)3-6(12)13;2*1-4(2,3)5;/h2*4H,2-3H2,1H3,(H,12,13);2*1-3H3;/q;;2*-1;+4/p-2. The van der Waals surface area contributed by atoms with Crippen molar-refractivity contribution in [1.29, 1.82) is 0 Å². The maximum absolute atomic E-state index is 12.0. The van der Waals surface area contributed by atoms with Crippen LogP contribution in [0.15, 0.2) is 0 Å². The monoisotopic (exact) mass is 588 g/mol. The molecule has 0 saturated heterocycles. The van der Waals surface area contributed by atoms with E-state index < -0.39 is 93.3 Å². The molecular formula is C22H34F6O8Ti. The van der Waals surface area contributed by atoms with Gasteiger partial charge >= 0.3 is 91.7 Å². The summed E-state index contributed by atoms with van der Waals surface area (Å²) in [5.74, 6) is -10.7. The summed E-state index contributed by atoms with van der Waals surface area (Å²) in [5, 5.41) is 19.7. The fraction of sp³-hybridized carbons (Fsp3) is 0.818. The molecule has 0 radical (unpaired) electrons. The summed E-state index contributed by atoms with van der Waals surface area (Å²) in [6.45, 7) is 14.6. The Hall–Kier alpha value is -1.51. The molecule has 0 rings (SSSR count). The number of hydrogen-bond acceptors (Lipinski definition) is 8. The number of ketones is 2. The summed E-state index contributed by atoms with van der Waals surface area (Å²) in [6, 6.07) is 0. The summed E-state index contributed by atoms with van der Waals surface area (Å²) in [4.78, 5) is 41.1. The molecule has 37 heavy (non-hydrogen) atoms. The van der Waals surface area contributed by atoms with Gasteiger partial charge in [-0.25, -0.2) is 0 Å². The predicted octanol–water partition coefficient (Wildman–Crippen LogP) is 3.10. The van der Waals surface area contributed by atoms with Crippen molar-refractivity contribution in [2.24, 2.45) is 11.8 Å². The molecule has 0 aromatic rings. The van der Waals surface area contributed by atoms with Gasteiger partial charge in [0.2, 0.25) is 0 Å². The summed E-state index contributed by atoms with van der Waals surface area (Å²) in [7, 11) is 0.